The summed E-state index contributed by atoms with van der Waals surface area (Å²) in [5, 5.41) is -0.00684. The first-order valence-corrected chi connectivity index (χ1v) is 8.84. The zero-order valence-electron chi connectivity index (χ0n) is 12.6. The van der Waals surface area contributed by atoms with Crippen molar-refractivity contribution in [2.24, 2.45) is 11.8 Å². The average molecular weight is 312 g/mol. The monoisotopic (exact) mass is 312 g/mol. The van der Waals surface area contributed by atoms with Crippen LogP contribution >= 0.6 is 0 Å². The molecule has 7 heteroatoms. The van der Waals surface area contributed by atoms with Crippen LogP contribution in [0.3, 0.4) is 0 Å². The van der Waals surface area contributed by atoms with Gasteiger partial charge in [0, 0.05) is 19.3 Å². The summed E-state index contributed by atoms with van der Waals surface area (Å²) < 4.78 is 26.9. The summed E-state index contributed by atoms with van der Waals surface area (Å²) in [5.41, 5.74) is 2.73. The number of hydrazine groups is 1. The maximum atomic E-state index is 12.7. The van der Waals surface area contributed by atoms with Crippen molar-refractivity contribution in [3.05, 3.63) is 18.3 Å². The Kier molecular flexibility index (Phi) is 5.18. The lowest BCUT2D eigenvalue weighted by Crippen LogP contribution is -2.40. The number of nitrogens with two attached hydrogens (primary N) is 1. The van der Waals surface area contributed by atoms with Crippen molar-refractivity contribution in [1.29, 1.82) is 0 Å². The van der Waals surface area contributed by atoms with E-state index in [1.165, 1.54) is 16.9 Å². The van der Waals surface area contributed by atoms with Crippen LogP contribution in [-0.4, -0.2) is 30.8 Å². The maximum absolute atomic E-state index is 12.7. The van der Waals surface area contributed by atoms with Gasteiger partial charge in [0.1, 0.15) is 0 Å². The Morgan fingerprint density at radius 1 is 1.38 bits per heavy atom. The second kappa shape index (κ2) is 6.72. The number of nitrogens with zero attached hydrogens (tertiary/aromatic N) is 2. The van der Waals surface area contributed by atoms with Gasteiger partial charge in [0.2, 0.25) is 0 Å². The molecule has 1 aromatic rings. The first kappa shape index (κ1) is 16.2. The van der Waals surface area contributed by atoms with Gasteiger partial charge in [-0.3, -0.25) is 5.84 Å². The molecule has 0 spiro atoms. The molecule has 1 aliphatic carbocycles. The molecule has 1 aromatic heterocycles. The minimum atomic E-state index is -3.63. The van der Waals surface area contributed by atoms with E-state index in [1.54, 1.807) is 19.2 Å². The lowest BCUT2D eigenvalue weighted by Gasteiger charge is -2.33. The van der Waals surface area contributed by atoms with Crippen LogP contribution in [0.15, 0.2) is 23.4 Å². The molecule has 1 saturated carbocycles. The van der Waals surface area contributed by atoms with Gasteiger partial charge in [0.25, 0.3) is 10.0 Å². The summed E-state index contributed by atoms with van der Waals surface area (Å²) in [4.78, 5) is 4.00. The number of nitrogen functional groups attached to an aromatic ring is 1. The van der Waals surface area contributed by atoms with Crippen molar-refractivity contribution < 1.29 is 8.42 Å². The SMILES string of the molecule is CCC1CCC(N(C)S(=O)(=O)c2ncccc2NN)CC1. The van der Waals surface area contributed by atoms with Gasteiger partial charge in [-0.25, -0.2) is 13.4 Å². The molecule has 0 saturated heterocycles. The van der Waals surface area contributed by atoms with Gasteiger partial charge < -0.3 is 5.43 Å². The Labute approximate surface area is 126 Å². The predicted octanol–water partition coefficient (Wildman–Crippen LogP) is 1.96. The normalized spacial score (nSPS) is 23.2. The zero-order chi connectivity index (χ0) is 15.5. The van der Waals surface area contributed by atoms with E-state index in [1.807, 2.05) is 0 Å². The molecule has 0 amide bonds. The molecule has 0 bridgehead atoms. The number of hydrogen-bond acceptors (Lipinski definition) is 5. The van der Waals surface area contributed by atoms with Crippen LogP contribution in [0.5, 0.6) is 0 Å². The van der Waals surface area contributed by atoms with Crippen LogP contribution in [0, 0.1) is 5.92 Å². The second-order valence-electron chi connectivity index (χ2n) is 5.60. The highest BCUT2D eigenvalue weighted by atomic mass is 32.2. The highest BCUT2D eigenvalue weighted by Crippen LogP contribution is 2.32. The Balaban J connectivity index is 2.19. The first-order chi connectivity index (χ1) is 10.0. The molecule has 1 fully saturated rings. The Bertz CT molecular complexity index is 568. The maximum Gasteiger partial charge on any atom is 0.262 e. The van der Waals surface area contributed by atoms with Crippen LogP contribution in [0.2, 0.25) is 0 Å². The summed E-state index contributed by atoms with van der Waals surface area (Å²) in [5.74, 6) is 6.12. The highest BCUT2D eigenvalue weighted by Gasteiger charge is 2.33. The van der Waals surface area contributed by atoms with E-state index in [4.69, 9.17) is 5.84 Å². The fourth-order valence-electron chi connectivity index (χ4n) is 2.96. The van der Waals surface area contributed by atoms with Gasteiger partial charge in [0.15, 0.2) is 5.03 Å². The van der Waals surface area contributed by atoms with Crippen LogP contribution < -0.4 is 11.3 Å². The molecule has 2 rings (SSSR count). The number of hydrogen-bond donors (Lipinski definition) is 2. The van der Waals surface area contributed by atoms with Gasteiger partial charge in [-0.1, -0.05) is 13.3 Å². The van der Waals surface area contributed by atoms with E-state index < -0.39 is 10.0 Å². The molecule has 0 aliphatic heterocycles. The van der Waals surface area contributed by atoms with Crippen LogP contribution in [0.1, 0.15) is 39.0 Å². The third kappa shape index (κ3) is 3.36. The van der Waals surface area contributed by atoms with E-state index in [0.29, 0.717) is 5.69 Å². The second-order valence-corrected chi connectivity index (χ2v) is 7.52. The Morgan fingerprint density at radius 3 is 2.62 bits per heavy atom. The molecule has 0 aromatic carbocycles. The summed E-state index contributed by atoms with van der Waals surface area (Å²) in [6.45, 7) is 2.19. The van der Waals surface area contributed by atoms with Crippen molar-refractivity contribution in [2.45, 2.75) is 50.1 Å². The van der Waals surface area contributed by atoms with E-state index in [-0.39, 0.29) is 11.1 Å². The van der Waals surface area contributed by atoms with E-state index in [2.05, 4.69) is 17.3 Å². The quantitative estimate of drug-likeness (QED) is 0.641. The average Bonchev–Trinajstić information content (AvgIpc) is 2.54. The van der Waals surface area contributed by atoms with Crippen molar-refractivity contribution in [1.82, 2.24) is 9.29 Å². The number of sulfonamides is 1. The molecular formula is C14H24N4O2S. The van der Waals surface area contributed by atoms with Crippen LogP contribution in [0.25, 0.3) is 0 Å². The summed E-state index contributed by atoms with van der Waals surface area (Å²) in [7, 11) is -1.99. The van der Waals surface area contributed by atoms with E-state index in [9.17, 15) is 8.42 Å². The van der Waals surface area contributed by atoms with Crippen molar-refractivity contribution in [2.75, 3.05) is 12.5 Å². The minimum absolute atomic E-state index is 0.00684. The van der Waals surface area contributed by atoms with Crippen molar-refractivity contribution in [3.8, 4) is 0 Å². The highest BCUT2D eigenvalue weighted by molar-refractivity contribution is 7.89. The van der Waals surface area contributed by atoms with Crippen LogP contribution in [-0.2, 0) is 10.0 Å². The number of rotatable bonds is 5. The van der Waals surface area contributed by atoms with Crippen molar-refractivity contribution >= 4 is 15.7 Å². The number of anilines is 1. The number of nitrogens with one attached hydrogen (secondary N) is 1. The number of pyridine rings is 1. The third-order valence-corrected chi connectivity index (χ3v) is 6.33. The first-order valence-electron chi connectivity index (χ1n) is 7.40. The van der Waals surface area contributed by atoms with Gasteiger partial charge in [-0.05, 0) is 43.7 Å². The molecule has 3 N–H and O–H groups in total. The van der Waals surface area contributed by atoms with E-state index in [0.717, 1.165) is 31.6 Å². The Hall–Kier alpha value is -1.18. The lowest BCUT2D eigenvalue weighted by molar-refractivity contribution is 0.232. The molecule has 1 aliphatic rings. The smallest absolute Gasteiger partial charge is 0.262 e. The standard InChI is InChI=1S/C14H24N4O2S/c1-3-11-6-8-12(9-7-11)18(2)21(19,20)14-13(17-15)5-4-10-16-14/h4-5,10-12,17H,3,6-9,15H2,1-2H3. The van der Waals surface area contributed by atoms with Gasteiger partial charge >= 0.3 is 0 Å². The summed E-state index contributed by atoms with van der Waals surface area (Å²) in [6.07, 6.45) is 6.63. The van der Waals surface area contributed by atoms with E-state index >= 15 is 0 Å². The topological polar surface area (TPSA) is 88.3 Å². The lowest BCUT2D eigenvalue weighted by atomic mass is 9.85. The van der Waals surface area contributed by atoms with Crippen molar-refractivity contribution in [3.63, 3.8) is 0 Å². The van der Waals surface area contributed by atoms with Gasteiger partial charge in [-0.2, -0.15) is 4.31 Å². The third-order valence-electron chi connectivity index (χ3n) is 4.46. The molecule has 0 radical (unpaired) electrons. The molecule has 0 unspecified atom stereocenters. The Morgan fingerprint density at radius 2 is 2.05 bits per heavy atom. The molecule has 21 heavy (non-hydrogen) atoms. The fourth-order valence-corrected chi connectivity index (χ4v) is 4.43. The van der Waals surface area contributed by atoms with Gasteiger partial charge in [-0.15, -0.1) is 0 Å². The molecule has 118 valence electrons. The minimum Gasteiger partial charge on any atom is -0.321 e. The zero-order valence-corrected chi connectivity index (χ0v) is 13.4. The molecular weight excluding hydrogens is 288 g/mol. The molecule has 0 atom stereocenters. The molecule has 6 nitrogen and oxygen atoms in total. The summed E-state index contributed by atoms with van der Waals surface area (Å²) in [6, 6.07) is 3.31. The van der Waals surface area contributed by atoms with Crippen LogP contribution in [0.4, 0.5) is 5.69 Å². The predicted molar refractivity (Wildman–Crippen MR) is 83.0 cm³/mol. The van der Waals surface area contributed by atoms with Gasteiger partial charge in [0.05, 0.1) is 5.69 Å². The largest absolute Gasteiger partial charge is 0.321 e. The fraction of sp³-hybridized carbons (Fsp3) is 0.643. The molecule has 1 heterocycles. The number of aromatic nitrogens is 1. The summed E-state index contributed by atoms with van der Waals surface area (Å²) >= 11 is 0.